The fourth-order valence-electron chi connectivity index (χ4n) is 1.03. The molecule has 0 aromatic heterocycles. The summed E-state index contributed by atoms with van der Waals surface area (Å²) >= 11 is 5.67. The third-order valence-corrected chi connectivity index (χ3v) is 2.16. The first kappa shape index (κ1) is 7.10. The zero-order valence-corrected chi connectivity index (χ0v) is 6.23. The average molecular weight is 147 g/mol. The van der Waals surface area contributed by atoms with E-state index in [2.05, 4.69) is 0 Å². The lowest BCUT2D eigenvalue weighted by Crippen LogP contribution is -2.20. The van der Waals surface area contributed by atoms with Gasteiger partial charge in [0.15, 0.2) is 0 Å². The number of hydrogen-bond donors (Lipinski definition) is 1. The van der Waals surface area contributed by atoms with Gasteiger partial charge in [-0.2, -0.15) is 0 Å². The molecule has 0 radical (unpaired) electrons. The highest BCUT2D eigenvalue weighted by Gasteiger charge is 2.19. The molecule has 0 bridgehead atoms. The van der Waals surface area contributed by atoms with Crippen molar-refractivity contribution in [2.75, 3.05) is 0 Å². The second-order valence-electron chi connectivity index (χ2n) is 2.59. The van der Waals surface area contributed by atoms with Crippen LogP contribution in [0.3, 0.4) is 0 Å². The third kappa shape index (κ3) is 1.46. The van der Waals surface area contributed by atoms with Gasteiger partial charge in [-0.05, 0) is 18.8 Å². The van der Waals surface area contributed by atoms with Crippen molar-refractivity contribution in [1.29, 1.82) is 0 Å². The van der Waals surface area contributed by atoms with E-state index in [1.807, 2.05) is 13.0 Å². The quantitative estimate of drug-likeness (QED) is 0.554. The minimum absolute atomic E-state index is 0.336. The highest BCUT2D eigenvalue weighted by Crippen LogP contribution is 2.25. The van der Waals surface area contributed by atoms with E-state index in [0.29, 0.717) is 11.0 Å². The number of halogens is 1. The van der Waals surface area contributed by atoms with Gasteiger partial charge in [-0.3, -0.25) is 0 Å². The van der Waals surface area contributed by atoms with Gasteiger partial charge in [0.2, 0.25) is 0 Å². The molecule has 0 fully saturated rings. The van der Waals surface area contributed by atoms with Crippen LogP contribution in [0.1, 0.15) is 19.8 Å². The Labute approximate surface area is 60.3 Å². The van der Waals surface area contributed by atoms with Crippen molar-refractivity contribution < 1.29 is 5.11 Å². The number of aliphatic hydroxyl groups is 1. The molecule has 0 aliphatic heterocycles. The summed E-state index contributed by atoms with van der Waals surface area (Å²) in [6, 6.07) is 0. The summed E-state index contributed by atoms with van der Waals surface area (Å²) in [5.41, 5.74) is 0. The van der Waals surface area contributed by atoms with Gasteiger partial charge in [-0.15, -0.1) is 0 Å². The van der Waals surface area contributed by atoms with Crippen LogP contribution in [0.2, 0.25) is 0 Å². The highest BCUT2D eigenvalue weighted by molar-refractivity contribution is 6.30. The molecule has 0 saturated heterocycles. The van der Waals surface area contributed by atoms with Crippen LogP contribution in [0.15, 0.2) is 11.1 Å². The molecule has 0 amide bonds. The van der Waals surface area contributed by atoms with Gasteiger partial charge in [0, 0.05) is 5.03 Å². The van der Waals surface area contributed by atoms with E-state index in [1.165, 1.54) is 0 Å². The van der Waals surface area contributed by atoms with Gasteiger partial charge >= 0.3 is 0 Å². The van der Waals surface area contributed by atoms with Crippen LogP contribution in [0.5, 0.6) is 0 Å². The van der Waals surface area contributed by atoms with Crippen LogP contribution in [-0.4, -0.2) is 11.2 Å². The molecule has 0 spiro atoms. The van der Waals surface area contributed by atoms with Crippen LogP contribution in [0, 0.1) is 5.92 Å². The predicted molar refractivity (Wildman–Crippen MR) is 38.3 cm³/mol. The molecule has 1 N–H and O–H groups in total. The molecule has 52 valence electrons. The smallest absolute Gasteiger partial charge is 0.0917 e. The maximum absolute atomic E-state index is 9.25. The summed E-state index contributed by atoms with van der Waals surface area (Å²) in [6.07, 6.45) is 3.56. The average Bonchev–Trinajstić information content (AvgIpc) is 1.83. The molecule has 0 heterocycles. The Bertz CT molecular complexity index is 131. The van der Waals surface area contributed by atoms with E-state index in [9.17, 15) is 5.11 Å². The number of allylic oxidation sites excluding steroid dienone is 1. The highest BCUT2D eigenvalue weighted by atomic mass is 35.5. The lowest BCUT2D eigenvalue weighted by Gasteiger charge is -2.21. The van der Waals surface area contributed by atoms with Gasteiger partial charge < -0.3 is 5.11 Å². The van der Waals surface area contributed by atoms with Crippen LogP contribution < -0.4 is 0 Å². The molecule has 1 aliphatic carbocycles. The minimum atomic E-state index is -0.402. The fraction of sp³-hybridized carbons (Fsp3) is 0.714. The van der Waals surface area contributed by atoms with Crippen molar-refractivity contribution in [3.05, 3.63) is 11.1 Å². The van der Waals surface area contributed by atoms with E-state index in [4.69, 9.17) is 11.6 Å². The van der Waals surface area contributed by atoms with E-state index in [0.717, 1.165) is 12.8 Å². The van der Waals surface area contributed by atoms with Gasteiger partial charge in [0.25, 0.3) is 0 Å². The van der Waals surface area contributed by atoms with Crippen molar-refractivity contribution in [2.45, 2.75) is 25.9 Å². The first-order valence-corrected chi connectivity index (χ1v) is 3.63. The number of hydrogen-bond acceptors (Lipinski definition) is 1. The first-order chi connectivity index (χ1) is 4.22. The standard InChI is InChI=1S/C7H11ClO/c1-5-3-2-4-6(8)7(5)9/h4-5,7,9H,2-3H2,1H3/t5?,7-/m0/s1. The minimum Gasteiger partial charge on any atom is -0.387 e. The maximum Gasteiger partial charge on any atom is 0.0917 e. The Hall–Kier alpha value is -0.0100. The number of aliphatic hydroxyl groups excluding tert-OH is 1. The predicted octanol–water partition coefficient (Wildman–Crippen LogP) is 1.90. The molecular formula is C7H11ClO. The Balaban J connectivity index is 2.62. The van der Waals surface area contributed by atoms with E-state index >= 15 is 0 Å². The maximum atomic E-state index is 9.25. The SMILES string of the molecule is CC1CCC=C(Cl)[C@H]1O. The van der Waals surface area contributed by atoms with Crippen molar-refractivity contribution in [2.24, 2.45) is 5.92 Å². The molecule has 2 atom stereocenters. The molecule has 1 nitrogen and oxygen atoms in total. The summed E-state index contributed by atoms with van der Waals surface area (Å²) in [5, 5.41) is 9.87. The molecule has 0 aromatic rings. The molecule has 1 unspecified atom stereocenters. The summed E-state index contributed by atoms with van der Waals surface area (Å²) < 4.78 is 0. The third-order valence-electron chi connectivity index (χ3n) is 1.78. The van der Waals surface area contributed by atoms with Crippen molar-refractivity contribution in [3.63, 3.8) is 0 Å². The molecule has 1 rings (SSSR count). The Morgan fingerprint density at radius 2 is 2.44 bits per heavy atom. The lowest BCUT2D eigenvalue weighted by atomic mass is 9.93. The van der Waals surface area contributed by atoms with Crippen LogP contribution >= 0.6 is 11.6 Å². The van der Waals surface area contributed by atoms with Crippen molar-refractivity contribution >= 4 is 11.6 Å². The molecular weight excluding hydrogens is 136 g/mol. The normalized spacial score (nSPS) is 36.1. The summed E-state index contributed by atoms with van der Waals surface area (Å²) in [6.45, 7) is 2.01. The molecule has 9 heavy (non-hydrogen) atoms. The summed E-state index contributed by atoms with van der Waals surface area (Å²) in [5.74, 6) is 0.336. The zero-order valence-electron chi connectivity index (χ0n) is 5.47. The fourth-order valence-corrected chi connectivity index (χ4v) is 1.36. The van der Waals surface area contributed by atoms with E-state index in [1.54, 1.807) is 0 Å². The van der Waals surface area contributed by atoms with Crippen molar-refractivity contribution in [3.8, 4) is 0 Å². The van der Waals surface area contributed by atoms with Crippen LogP contribution in [0.25, 0.3) is 0 Å². The Morgan fingerprint density at radius 1 is 1.78 bits per heavy atom. The molecule has 2 heteroatoms. The Kier molecular flexibility index (Phi) is 2.14. The van der Waals surface area contributed by atoms with Crippen LogP contribution in [0.4, 0.5) is 0 Å². The van der Waals surface area contributed by atoms with Gasteiger partial charge in [0.1, 0.15) is 0 Å². The van der Waals surface area contributed by atoms with Gasteiger partial charge in [-0.1, -0.05) is 24.6 Å². The first-order valence-electron chi connectivity index (χ1n) is 3.25. The largest absolute Gasteiger partial charge is 0.387 e. The van der Waals surface area contributed by atoms with E-state index < -0.39 is 6.10 Å². The van der Waals surface area contributed by atoms with Crippen molar-refractivity contribution in [1.82, 2.24) is 0 Å². The van der Waals surface area contributed by atoms with Gasteiger partial charge in [0.05, 0.1) is 6.10 Å². The second-order valence-corrected chi connectivity index (χ2v) is 3.02. The molecule has 0 saturated carbocycles. The van der Waals surface area contributed by atoms with Gasteiger partial charge in [-0.25, -0.2) is 0 Å². The lowest BCUT2D eigenvalue weighted by molar-refractivity contribution is 0.146. The topological polar surface area (TPSA) is 20.2 Å². The monoisotopic (exact) mass is 146 g/mol. The summed E-state index contributed by atoms with van der Waals surface area (Å²) in [7, 11) is 0. The van der Waals surface area contributed by atoms with Crippen LogP contribution in [-0.2, 0) is 0 Å². The zero-order chi connectivity index (χ0) is 6.85. The summed E-state index contributed by atoms with van der Waals surface area (Å²) in [4.78, 5) is 0. The molecule has 1 aliphatic rings. The number of rotatable bonds is 0. The Morgan fingerprint density at radius 3 is 2.89 bits per heavy atom. The van der Waals surface area contributed by atoms with E-state index in [-0.39, 0.29) is 0 Å². The second kappa shape index (κ2) is 2.72. The molecule has 0 aromatic carbocycles.